The molecule has 0 saturated heterocycles. The van der Waals surface area contributed by atoms with Crippen molar-refractivity contribution >= 4 is 17.7 Å². The third-order valence-electron chi connectivity index (χ3n) is 4.52. The Kier molecular flexibility index (Phi) is 4.49. The van der Waals surface area contributed by atoms with E-state index in [0.29, 0.717) is 11.3 Å². The number of nitrogens with one attached hydrogen (secondary N) is 1. The summed E-state index contributed by atoms with van der Waals surface area (Å²) in [7, 11) is 0. The topological polar surface area (TPSA) is 79.6 Å². The van der Waals surface area contributed by atoms with Crippen LogP contribution in [0.25, 0.3) is 0 Å². The predicted molar refractivity (Wildman–Crippen MR) is 96.9 cm³/mol. The highest BCUT2D eigenvalue weighted by atomic mass is 19.1. The van der Waals surface area contributed by atoms with Gasteiger partial charge in [0.15, 0.2) is 0 Å². The van der Waals surface area contributed by atoms with Crippen LogP contribution >= 0.6 is 0 Å². The molecule has 2 heterocycles. The molecule has 1 N–H and O–H groups in total. The zero-order valence-electron chi connectivity index (χ0n) is 14.6. The van der Waals surface area contributed by atoms with Gasteiger partial charge in [0.25, 0.3) is 17.7 Å². The van der Waals surface area contributed by atoms with Gasteiger partial charge in [-0.2, -0.15) is 0 Å². The molecule has 6 nitrogen and oxygen atoms in total. The fourth-order valence-corrected chi connectivity index (χ4v) is 3.05. The second-order valence-corrected chi connectivity index (χ2v) is 6.31. The highest BCUT2D eigenvalue weighted by molar-refractivity contribution is 6.22. The number of benzene rings is 2. The second kappa shape index (κ2) is 7.11. The Morgan fingerprint density at radius 3 is 2.54 bits per heavy atom. The minimum atomic E-state index is -0.486. The fraction of sp³-hybridized carbons (Fsp3) is 0.0952. The Morgan fingerprint density at radius 1 is 1.00 bits per heavy atom. The second-order valence-electron chi connectivity index (χ2n) is 6.31. The standard InChI is InChI=1S/C21H15FN2O4/c22-18-6-2-1-4-14(18)11-23-19(25)13-7-8-16-17(10-13)21(27)24(20(16)26)12-15-5-3-9-28-15/h1-10H,11-12H2,(H,23,25). The van der Waals surface area contributed by atoms with Crippen LogP contribution < -0.4 is 5.32 Å². The SMILES string of the molecule is O=C(NCc1ccccc1F)c1ccc2c(c1)C(=O)N(Cc1ccco1)C2=O. The first-order valence-corrected chi connectivity index (χ1v) is 8.59. The van der Waals surface area contributed by atoms with Crippen molar-refractivity contribution in [3.05, 3.63) is 94.7 Å². The maximum absolute atomic E-state index is 13.7. The first kappa shape index (κ1) is 17.7. The minimum Gasteiger partial charge on any atom is -0.467 e. The number of amides is 3. The minimum absolute atomic E-state index is 0.0140. The Bertz CT molecular complexity index is 1080. The molecular weight excluding hydrogens is 363 g/mol. The summed E-state index contributed by atoms with van der Waals surface area (Å²) in [5, 5.41) is 2.62. The Labute approximate surface area is 159 Å². The summed E-state index contributed by atoms with van der Waals surface area (Å²) in [6.45, 7) is 0.0360. The zero-order chi connectivity index (χ0) is 19.7. The van der Waals surface area contributed by atoms with Crippen LogP contribution in [0.4, 0.5) is 4.39 Å². The number of carbonyl (C=O) groups is 3. The molecule has 3 amide bonds. The maximum Gasteiger partial charge on any atom is 0.261 e. The van der Waals surface area contributed by atoms with Gasteiger partial charge < -0.3 is 9.73 Å². The van der Waals surface area contributed by atoms with Gasteiger partial charge in [0.2, 0.25) is 0 Å². The summed E-state index contributed by atoms with van der Waals surface area (Å²) in [6.07, 6.45) is 1.46. The van der Waals surface area contributed by atoms with E-state index >= 15 is 0 Å². The monoisotopic (exact) mass is 378 g/mol. The third-order valence-corrected chi connectivity index (χ3v) is 4.52. The molecular formula is C21H15FN2O4. The predicted octanol–water partition coefficient (Wildman–Crippen LogP) is 3.14. The van der Waals surface area contributed by atoms with Gasteiger partial charge in [-0.1, -0.05) is 18.2 Å². The molecule has 2 aromatic carbocycles. The average Bonchev–Trinajstić information content (AvgIpc) is 3.30. The Hall–Kier alpha value is -3.74. The van der Waals surface area contributed by atoms with Gasteiger partial charge in [0, 0.05) is 17.7 Å². The van der Waals surface area contributed by atoms with Crippen LogP contribution in [0.15, 0.2) is 65.3 Å². The van der Waals surface area contributed by atoms with Crippen LogP contribution in [0.2, 0.25) is 0 Å². The molecule has 4 rings (SSSR count). The van der Waals surface area contributed by atoms with Gasteiger partial charge in [-0.05, 0) is 36.4 Å². The van der Waals surface area contributed by atoms with Crippen molar-refractivity contribution in [2.24, 2.45) is 0 Å². The number of rotatable bonds is 5. The lowest BCUT2D eigenvalue weighted by atomic mass is 10.1. The molecule has 0 fully saturated rings. The normalized spacial score (nSPS) is 13.0. The molecule has 0 spiro atoms. The summed E-state index contributed by atoms with van der Waals surface area (Å²) in [4.78, 5) is 38.6. The Morgan fingerprint density at radius 2 is 1.79 bits per heavy atom. The smallest absolute Gasteiger partial charge is 0.261 e. The van der Waals surface area contributed by atoms with Crippen molar-refractivity contribution in [2.75, 3.05) is 0 Å². The molecule has 7 heteroatoms. The lowest BCUT2D eigenvalue weighted by molar-refractivity contribution is 0.0631. The van der Waals surface area contributed by atoms with Gasteiger partial charge in [-0.3, -0.25) is 19.3 Å². The van der Waals surface area contributed by atoms with Crippen LogP contribution in [-0.2, 0) is 13.1 Å². The van der Waals surface area contributed by atoms with E-state index in [1.165, 1.54) is 30.5 Å². The van der Waals surface area contributed by atoms with E-state index in [2.05, 4.69) is 5.32 Å². The molecule has 0 aliphatic carbocycles. The lowest BCUT2D eigenvalue weighted by Gasteiger charge is -2.11. The van der Waals surface area contributed by atoms with Gasteiger partial charge in [-0.15, -0.1) is 0 Å². The first-order valence-electron chi connectivity index (χ1n) is 8.59. The maximum atomic E-state index is 13.7. The largest absolute Gasteiger partial charge is 0.467 e. The van der Waals surface area contributed by atoms with Gasteiger partial charge in [0.05, 0.1) is 23.9 Å². The van der Waals surface area contributed by atoms with Crippen LogP contribution in [0.1, 0.15) is 42.4 Å². The summed E-state index contributed by atoms with van der Waals surface area (Å²) >= 11 is 0. The van der Waals surface area contributed by atoms with Crippen LogP contribution in [-0.4, -0.2) is 22.6 Å². The van der Waals surface area contributed by atoms with Crippen molar-refractivity contribution in [1.29, 1.82) is 0 Å². The lowest BCUT2D eigenvalue weighted by Crippen LogP contribution is -2.28. The van der Waals surface area contributed by atoms with E-state index < -0.39 is 23.5 Å². The summed E-state index contributed by atoms with van der Waals surface area (Å²) < 4.78 is 18.9. The number of furan rings is 1. The number of hydrogen-bond donors (Lipinski definition) is 1. The van der Waals surface area contributed by atoms with E-state index in [4.69, 9.17) is 4.42 Å². The molecule has 3 aromatic rings. The molecule has 28 heavy (non-hydrogen) atoms. The summed E-state index contributed by atoms with van der Waals surface area (Å²) in [6, 6.07) is 13.8. The van der Waals surface area contributed by atoms with E-state index in [9.17, 15) is 18.8 Å². The number of nitrogens with zero attached hydrogens (tertiary/aromatic N) is 1. The molecule has 140 valence electrons. The molecule has 1 aliphatic heterocycles. The van der Waals surface area contributed by atoms with E-state index in [-0.39, 0.29) is 29.8 Å². The first-order chi connectivity index (χ1) is 13.5. The summed E-state index contributed by atoms with van der Waals surface area (Å²) in [5.41, 5.74) is 0.973. The molecule has 0 radical (unpaired) electrons. The fourth-order valence-electron chi connectivity index (χ4n) is 3.05. The molecule has 0 saturated carbocycles. The molecule has 0 atom stereocenters. The quantitative estimate of drug-likeness (QED) is 0.692. The van der Waals surface area contributed by atoms with Crippen molar-refractivity contribution < 1.29 is 23.2 Å². The van der Waals surface area contributed by atoms with Gasteiger partial charge in [0.1, 0.15) is 11.6 Å². The number of halogens is 1. The van der Waals surface area contributed by atoms with Crippen molar-refractivity contribution in [3.8, 4) is 0 Å². The van der Waals surface area contributed by atoms with E-state index in [0.717, 1.165) is 4.90 Å². The van der Waals surface area contributed by atoms with Gasteiger partial charge in [-0.25, -0.2) is 4.39 Å². The van der Waals surface area contributed by atoms with Crippen molar-refractivity contribution in [1.82, 2.24) is 10.2 Å². The molecule has 1 aliphatic rings. The third kappa shape index (κ3) is 3.18. The van der Waals surface area contributed by atoms with Crippen molar-refractivity contribution in [2.45, 2.75) is 13.1 Å². The molecule has 0 bridgehead atoms. The zero-order valence-corrected chi connectivity index (χ0v) is 14.6. The molecule has 1 aromatic heterocycles. The highest BCUT2D eigenvalue weighted by Crippen LogP contribution is 2.26. The number of carbonyl (C=O) groups excluding carboxylic acids is 3. The van der Waals surface area contributed by atoms with E-state index in [1.807, 2.05) is 0 Å². The van der Waals surface area contributed by atoms with Crippen molar-refractivity contribution in [3.63, 3.8) is 0 Å². The average molecular weight is 378 g/mol. The van der Waals surface area contributed by atoms with Crippen LogP contribution in [0.3, 0.4) is 0 Å². The number of imide groups is 1. The van der Waals surface area contributed by atoms with Crippen LogP contribution in [0, 0.1) is 5.82 Å². The number of hydrogen-bond acceptors (Lipinski definition) is 4. The highest BCUT2D eigenvalue weighted by Gasteiger charge is 2.36. The van der Waals surface area contributed by atoms with Crippen LogP contribution in [0.5, 0.6) is 0 Å². The Balaban J connectivity index is 1.51. The van der Waals surface area contributed by atoms with Gasteiger partial charge >= 0.3 is 0 Å². The molecule has 0 unspecified atom stereocenters. The summed E-state index contributed by atoms with van der Waals surface area (Å²) in [5.74, 6) is -1.31. The van der Waals surface area contributed by atoms with E-state index in [1.54, 1.807) is 30.3 Å². The number of fused-ring (bicyclic) bond motifs is 1.